The first kappa shape index (κ1) is 18.1. The first-order chi connectivity index (χ1) is 10.7. The van der Waals surface area contributed by atoms with Crippen molar-refractivity contribution in [1.82, 2.24) is 0 Å². The van der Waals surface area contributed by atoms with E-state index < -0.39 is 16.9 Å². The van der Waals surface area contributed by atoms with Crippen LogP contribution < -0.4 is 0 Å². The maximum Gasteiger partial charge on any atom is 0.335 e. The van der Waals surface area contributed by atoms with E-state index in [0.29, 0.717) is 10.6 Å². The quantitative estimate of drug-likeness (QED) is 0.652. The molecule has 0 fully saturated rings. The number of nitro benzene ring substituents is 1. The highest BCUT2D eigenvalue weighted by atomic mass is 35.5. The molecule has 0 aliphatic heterocycles. The normalized spacial score (nSPS) is 9.48. The number of halogens is 1. The molecule has 0 bridgehead atoms. The van der Waals surface area contributed by atoms with Gasteiger partial charge in [-0.2, -0.15) is 0 Å². The molecule has 0 amide bonds. The summed E-state index contributed by atoms with van der Waals surface area (Å²) in [6.07, 6.45) is 0. The third-order valence-electron chi connectivity index (χ3n) is 2.75. The van der Waals surface area contributed by atoms with Crippen molar-refractivity contribution >= 4 is 29.2 Å². The van der Waals surface area contributed by atoms with Gasteiger partial charge >= 0.3 is 11.9 Å². The second-order valence-corrected chi connectivity index (χ2v) is 4.81. The van der Waals surface area contributed by atoms with Crippen LogP contribution in [0.3, 0.4) is 0 Å². The molecule has 23 heavy (non-hydrogen) atoms. The smallest absolute Gasteiger partial charge is 0.335 e. The molecule has 0 aliphatic rings. The number of hydrogen-bond donors (Lipinski definition) is 2. The van der Waals surface area contributed by atoms with Gasteiger partial charge < -0.3 is 10.2 Å². The highest BCUT2D eigenvalue weighted by molar-refractivity contribution is 6.30. The molecule has 2 aromatic carbocycles. The Morgan fingerprint density at radius 3 is 2.04 bits per heavy atom. The third kappa shape index (κ3) is 5.40. The van der Waals surface area contributed by atoms with Gasteiger partial charge in [-0.15, -0.1) is 0 Å². The van der Waals surface area contributed by atoms with Gasteiger partial charge in [-0.25, -0.2) is 9.59 Å². The fourth-order valence-electron chi connectivity index (χ4n) is 1.55. The number of hydrogen-bond acceptors (Lipinski definition) is 4. The second-order valence-electron chi connectivity index (χ2n) is 4.37. The number of benzene rings is 2. The average molecular weight is 338 g/mol. The average Bonchev–Trinajstić information content (AvgIpc) is 2.48. The largest absolute Gasteiger partial charge is 0.478 e. The molecule has 0 unspecified atom stereocenters. The van der Waals surface area contributed by atoms with Crippen LogP contribution in [0.5, 0.6) is 0 Å². The Balaban J connectivity index is 0.000000238. The first-order valence-electron chi connectivity index (χ1n) is 6.19. The summed E-state index contributed by atoms with van der Waals surface area (Å²) in [7, 11) is 0. The number of aromatic carboxylic acids is 2. The van der Waals surface area contributed by atoms with Gasteiger partial charge in [0.15, 0.2) is 0 Å². The summed E-state index contributed by atoms with van der Waals surface area (Å²) < 4.78 is 0. The molecule has 120 valence electrons. The molecule has 0 aliphatic carbocycles. The van der Waals surface area contributed by atoms with Crippen molar-refractivity contribution in [2.45, 2.75) is 6.92 Å². The van der Waals surface area contributed by atoms with Gasteiger partial charge in [0.2, 0.25) is 0 Å². The summed E-state index contributed by atoms with van der Waals surface area (Å²) in [4.78, 5) is 30.7. The molecule has 2 rings (SSSR count). The number of aryl methyl sites for hydroxylation is 1. The van der Waals surface area contributed by atoms with Gasteiger partial charge in [0.05, 0.1) is 16.1 Å². The van der Waals surface area contributed by atoms with Crippen molar-refractivity contribution < 1.29 is 24.7 Å². The van der Waals surface area contributed by atoms with E-state index in [2.05, 4.69) is 0 Å². The van der Waals surface area contributed by atoms with Gasteiger partial charge in [0, 0.05) is 17.2 Å². The van der Waals surface area contributed by atoms with Crippen molar-refractivity contribution in [1.29, 1.82) is 0 Å². The molecular formula is C15H12ClNO6. The SMILES string of the molecule is Cc1ccc(C(=O)O)cc1C(=O)O.O=[N+]([O-])c1ccc(Cl)cc1. The summed E-state index contributed by atoms with van der Waals surface area (Å²) in [5, 5.41) is 27.8. The monoisotopic (exact) mass is 337 g/mol. The Bertz CT molecular complexity index is 742. The van der Waals surface area contributed by atoms with Crippen LogP contribution in [-0.4, -0.2) is 27.1 Å². The van der Waals surface area contributed by atoms with Crippen LogP contribution in [0.25, 0.3) is 0 Å². The van der Waals surface area contributed by atoms with Crippen LogP contribution in [0, 0.1) is 17.0 Å². The number of rotatable bonds is 3. The lowest BCUT2D eigenvalue weighted by Gasteiger charge is -2.01. The summed E-state index contributed by atoms with van der Waals surface area (Å²) in [5.41, 5.74) is 0.629. The lowest BCUT2D eigenvalue weighted by Crippen LogP contribution is -2.03. The van der Waals surface area contributed by atoms with Crippen molar-refractivity contribution in [2.75, 3.05) is 0 Å². The lowest BCUT2D eigenvalue weighted by molar-refractivity contribution is -0.384. The zero-order valence-corrected chi connectivity index (χ0v) is 12.6. The van der Waals surface area contributed by atoms with Crippen molar-refractivity contribution in [3.63, 3.8) is 0 Å². The fraction of sp³-hybridized carbons (Fsp3) is 0.0667. The Morgan fingerprint density at radius 2 is 1.61 bits per heavy atom. The maximum absolute atomic E-state index is 10.6. The van der Waals surface area contributed by atoms with Crippen LogP contribution in [0.15, 0.2) is 42.5 Å². The molecule has 0 saturated carbocycles. The molecule has 0 radical (unpaired) electrons. The van der Waals surface area contributed by atoms with E-state index in [9.17, 15) is 19.7 Å². The summed E-state index contributed by atoms with van der Waals surface area (Å²) in [6, 6.07) is 9.71. The molecule has 0 aromatic heterocycles. The first-order valence-corrected chi connectivity index (χ1v) is 6.57. The van der Waals surface area contributed by atoms with E-state index in [-0.39, 0.29) is 16.8 Å². The highest BCUT2D eigenvalue weighted by Crippen LogP contribution is 2.14. The Kier molecular flexibility index (Phi) is 6.23. The van der Waals surface area contributed by atoms with Crippen LogP contribution in [0.1, 0.15) is 26.3 Å². The molecule has 2 aromatic rings. The molecule has 8 heteroatoms. The number of non-ortho nitro benzene ring substituents is 1. The van der Waals surface area contributed by atoms with Gasteiger partial charge in [0.1, 0.15) is 0 Å². The van der Waals surface area contributed by atoms with Gasteiger partial charge in [-0.3, -0.25) is 10.1 Å². The summed E-state index contributed by atoms with van der Waals surface area (Å²) in [5.74, 6) is -2.23. The lowest BCUT2D eigenvalue weighted by atomic mass is 10.1. The molecule has 0 spiro atoms. The molecule has 0 atom stereocenters. The van der Waals surface area contributed by atoms with Crippen LogP contribution >= 0.6 is 11.6 Å². The Hall–Kier alpha value is -2.93. The molecular weight excluding hydrogens is 326 g/mol. The van der Waals surface area contributed by atoms with E-state index >= 15 is 0 Å². The minimum atomic E-state index is -1.12. The van der Waals surface area contributed by atoms with E-state index in [4.69, 9.17) is 21.8 Å². The summed E-state index contributed by atoms with van der Waals surface area (Å²) >= 11 is 5.49. The number of carboxylic acid groups (broad SMARTS) is 2. The van der Waals surface area contributed by atoms with E-state index in [1.54, 1.807) is 6.92 Å². The zero-order valence-electron chi connectivity index (χ0n) is 11.9. The second kappa shape index (κ2) is 7.90. The van der Waals surface area contributed by atoms with Crippen molar-refractivity contribution in [3.05, 3.63) is 74.3 Å². The predicted octanol–water partition coefficient (Wildman–Crippen LogP) is 3.64. The highest BCUT2D eigenvalue weighted by Gasteiger charge is 2.10. The Labute approximate surface area is 135 Å². The van der Waals surface area contributed by atoms with E-state index in [0.717, 1.165) is 6.07 Å². The maximum atomic E-state index is 10.6. The number of carbonyl (C=O) groups is 2. The Morgan fingerprint density at radius 1 is 1.04 bits per heavy atom. The standard InChI is InChI=1S/C9H8O4.C6H4ClNO2/c1-5-2-3-6(8(10)11)4-7(5)9(12)13;7-5-1-3-6(4-2-5)8(9)10/h2-4H,1H3,(H,10,11)(H,12,13);1-4H. The van der Waals surface area contributed by atoms with E-state index in [1.807, 2.05) is 0 Å². The zero-order chi connectivity index (χ0) is 17.6. The number of nitro groups is 1. The fourth-order valence-corrected chi connectivity index (χ4v) is 1.67. The van der Waals surface area contributed by atoms with Crippen molar-refractivity contribution in [3.8, 4) is 0 Å². The van der Waals surface area contributed by atoms with Crippen LogP contribution in [0.2, 0.25) is 5.02 Å². The topological polar surface area (TPSA) is 118 Å². The minimum Gasteiger partial charge on any atom is -0.478 e. The molecule has 7 nitrogen and oxygen atoms in total. The molecule has 0 heterocycles. The van der Waals surface area contributed by atoms with Crippen molar-refractivity contribution in [2.24, 2.45) is 0 Å². The third-order valence-corrected chi connectivity index (χ3v) is 3.00. The van der Waals surface area contributed by atoms with Crippen LogP contribution in [-0.2, 0) is 0 Å². The number of carboxylic acids is 2. The van der Waals surface area contributed by atoms with Crippen LogP contribution in [0.4, 0.5) is 5.69 Å². The van der Waals surface area contributed by atoms with Gasteiger partial charge in [-0.1, -0.05) is 17.7 Å². The van der Waals surface area contributed by atoms with E-state index in [1.165, 1.54) is 36.4 Å². The molecule has 0 saturated heterocycles. The van der Waals surface area contributed by atoms with Gasteiger partial charge in [0.25, 0.3) is 5.69 Å². The molecule has 2 N–H and O–H groups in total. The number of nitrogens with zero attached hydrogens (tertiary/aromatic N) is 1. The summed E-state index contributed by atoms with van der Waals surface area (Å²) in [6.45, 7) is 1.62. The minimum absolute atomic E-state index is 0.0111. The van der Waals surface area contributed by atoms with Gasteiger partial charge in [-0.05, 0) is 36.8 Å². The predicted molar refractivity (Wildman–Crippen MR) is 83.2 cm³/mol.